The van der Waals surface area contributed by atoms with Crippen molar-refractivity contribution in [1.29, 1.82) is 0 Å². The molecular weight excluding hydrogens is 254 g/mol. The van der Waals surface area contributed by atoms with Crippen LogP contribution in [0.15, 0.2) is 18.2 Å². The Balaban J connectivity index is 3.07. The third kappa shape index (κ3) is 4.37. The molecule has 0 aliphatic carbocycles. The van der Waals surface area contributed by atoms with E-state index in [4.69, 9.17) is 4.74 Å². The number of Topliss-reactive ketones (excluding diaryl/α,β-unsaturated/α-hetero) is 1. The van der Waals surface area contributed by atoms with Crippen molar-refractivity contribution in [1.82, 2.24) is 0 Å². The van der Waals surface area contributed by atoms with Crippen LogP contribution < -0.4 is 10.1 Å². The molecule has 0 saturated carbocycles. The lowest BCUT2D eigenvalue weighted by atomic mass is 9.95. The third-order valence-electron chi connectivity index (χ3n) is 2.78. The molecule has 4 heteroatoms. The zero-order valence-electron chi connectivity index (χ0n) is 12.9. The van der Waals surface area contributed by atoms with Crippen LogP contribution in [0.25, 0.3) is 0 Å². The highest BCUT2D eigenvalue weighted by atomic mass is 16.5. The Labute approximate surface area is 120 Å². The van der Waals surface area contributed by atoms with Gasteiger partial charge in [-0.2, -0.15) is 0 Å². The Morgan fingerprint density at radius 3 is 2.40 bits per heavy atom. The van der Waals surface area contributed by atoms with Crippen LogP contribution in [0.1, 0.15) is 51.4 Å². The molecule has 20 heavy (non-hydrogen) atoms. The van der Waals surface area contributed by atoms with Gasteiger partial charge in [-0.1, -0.05) is 27.7 Å². The lowest BCUT2D eigenvalue weighted by Gasteiger charge is -2.20. The summed E-state index contributed by atoms with van der Waals surface area (Å²) < 4.78 is 5.61. The molecule has 4 nitrogen and oxygen atoms in total. The molecule has 0 heterocycles. The zero-order chi connectivity index (χ0) is 15.3. The quantitative estimate of drug-likeness (QED) is 0.836. The highest BCUT2D eigenvalue weighted by Gasteiger charge is 2.22. The molecule has 0 unspecified atom stereocenters. The summed E-state index contributed by atoms with van der Waals surface area (Å²) in [4.78, 5) is 23.5. The summed E-state index contributed by atoms with van der Waals surface area (Å²) in [5.74, 6) is 0.437. The van der Waals surface area contributed by atoms with E-state index < -0.39 is 5.41 Å². The van der Waals surface area contributed by atoms with E-state index in [0.29, 0.717) is 23.6 Å². The van der Waals surface area contributed by atoms with Crippen LogP contribution in [0.3, 0.4) is 0 Å². The van der Waals surface area contributed by atoms with Gasteiger partial charge in [0.1, 0.15) is 5.75 Å². The molecule has 1 aromatic carbocycles. The minimum Gasteiger partial charge on any atom is -0.491 e. The van der Waals surface area contributed by atoms with Gasteiger partial charge in [-0.05, 0) is 31.5 Å². The molecular formula is C16H23NO3. The highest BCUT2D eigenvalue weighted by molar-refractivity contribution is 5.99. The number of benzene rings is 1. The molecule has 0 atom stereocenters. The summed E-state index contributed by atoms with van der Waals surface area (Å²) in [5.41, 5.74) is 0.595. The highest BCUT2D eigenvalue weighted by Crippen LogP contribution is 2.28. The monoisotopic (exact) mass is 277 g/mol. The van der Waals surface area contributed by atoms with E-state index in [-0.39, 0.29) is 11.7 Å². The Morgan fingerprint density at radius 1 is 1.25 bits per heavy atom. The van der Waals surface area contributed by atoms with Crippen molar-refractivity contribution in [3.05, 3.63) is 23.8 Å². The number of carbonyl (C=O) groups excluding carboxylic acids is 2. The average Bonchev–Trinajstić information content (AvgIpc) is 2.35. The topological polar surface area (TPSA) is 55.4 Å². The molecule has 0 aromatic heterocycles. The first-order chi connectivity index (χ1) is 9.25. The number of anilines is 1. The second-order valence-corrected chi connectivity index (χ2v) is 5.82. The van der Waals surface area contributed by atoms with Gasteiger partial charge in [-0.25, -0.2) is 0 Å². The van der Waals surface area contributed by atoms with Crippen LogP contribution in [0.2, 0.25) is 0 Å². The lowest BCUT2D eigenvalue weighted by Crippen LogP contribution is -2.28. The van der Waals surface area contributed by atoms with Gasteiger partial charge < -0.3 is 10.1 Å². The van der Waals surface area contributed by atoms with E-state index in [2.05, 4.69) is 5.32 Å². The van der Waals surface area contributed by atoms with Crippen LogP contribution in [0.4, 0.5) is 5.69 Å². The molecule has 110 valence electrons. The van der Waals surface area contributed by atoms with Gasteiger partial charge in [0.2, 0.25) is 5.91 Å². The first kappa shape index (κ1) is 16.2. The Morgan fingerprint density at radius 2 is 1.90 bits per heavy atom. The van der Waals surface area contributed by atoms with Crippen molar-refractivity contribution in [3.63, 3.8) is 0 Å². The first-order valence-corrected chi connectivity index (χ1v) is 6.85. The van der Waals surface area contributed by atoms with E-state index in [0.717, 1.165) is 6.42 Å². The van der Waals surface area contributed by atoms with Gasteiger partial charge in [0.15, 0.2) is 5.78 Å². The Hall–Kier alpha value is -1.84. The third-order valence-corrected chi connectivity index (χ3v) is 2.78. The molecule has 0 aliphatic heterocycles. The predicted octanol–water partition coefficient (Wildman–Crippen LogP) is 3.66. The fraction of sp³-hybridized carbons (Fsp3) is 0.500. The number of nitrogens with one attached hydrogen (secondary N) is 1. The molecule has 1 aromatic rings. The van der Waals surface area contributed by atoms with Crippen LogP contribution in [0, 0.1) is 5.41 Å². The van der Waals surface area contributed by atoms with Gasteiger partial charge in [0.25, 0.3) is 0 Å². The molecule has 0 aliphatic rings. The average molecular weight is 277 g/mol. The number of hydrogen-bond acceptors (Lipinski definition) is 3. The number of rotatable bonds is 5. The number of amides is 1. The van der Waals surface area contributed by atoms with E-state index >= 15 is 0 Å². The lowest BCUT2D eigenvalue weighted by molar-refractivity contribution is -0.123. The molecule has 1 N–H and O–H groups in total. The maximum absolute atomic E-state index is 12.1. The summed E-state index contributed by atoms with van der Waals surface area (Å²) in [6, 6.07) is 5.10. The van der Waals surface area contributed by atoms with E-state index in [1.165, 1.54) is 6.92 Å². The molecule has 0 spiro atoms. The molecule has 1 rings (SSSR count). The standard InChI is InChI=1S/C16H23NO3/c1-6-9-20-14-8-7-12(11(2)18)10-13(14)17-15(19)16(3,4)5/h7-8,10H,6,9H2,1-5H3,(H,17,19). The number of ketones is 1. The fourth-order valence-corrected chi connectivity index (χ4v) is 1.49. The minimum atomic E-state index is -0.506. The summed E-state index contributed by atoms with van der Waals surface area (Å²) >= 11 is 0. The molecule has 0 saturated heterocycles. The van der Waals surface area contributed by atoms with Crippen LogP contribution in [-0.4, -0.2) is 18.3 Å². The predicted molar refractivity (Wildman–Crippen MR) is 80.3 cm³/mol. The molecule has 0 fully saturated rings. The number of ether oxygens (including phenoxy) is 1. The van der Waals surface area contributed by atoms with E-state index in [1.54, 1.807) is 18.2 Å². The zero-order valence-corrected chi connectivity index (χ0v) is 12.9. The summed E-state index contributed by atoms with van der Waals surface area (Å²) in [6.45, 7) is 9.59. The van der Waals surface area contributed by atoms with Crippen LogP contribution in [0.5, 0.6) is 5.75 Å². The minimum absolute atomic E-state index is 0.0432. The first-order valence-electron chi connectivity index (χ1n) is 6.85. The van der Waals surface area contributed by atoms with Gasteiger partial charge >= 0.3 is 0 Å². The SMILES string of the molecule is CCCOc1ccc(C(C)=O)cc1NC(=O)C(C)(C)C. The molecule has 1 amide bonds. The van der Waals surface area contributed by atoms with E-state index in [1.807, 2.05) is 27.7 Å². The van der Waals surface area contributed by atoms with Gasteiger partial charge in [-0.15, -0.1) is 0 Å². The molecule has 0 bridgehead atoms. The second kappa shape index (κ2) is 6.55. The number of hydrogen-bond donors (Lipinski definition) is 1. The van der Waals surface area contributed by atoms with Gasteiger partial charge in [0.05, 0.1) is 12.3 Å². The van der Waals surface area contributed by atoms with Crippen LogP contribution in [-0.2, 0) is 4.79 Å². The Kier molecular flexibility index (Phi) is 5.31. The largest absolute Gasteiger partial charge is 0.491 e. The smallest absolute Gasteiger partial charge is 0.229 e. The van der Waals surface area contributed by atoms with E-state index in [9.17, 15) is 9.59 Å². The van der Waals surface area contributed by atoms with Crippen molar-refractivity contribution in [2.75, 3.05) is 11.9 Å². The van der Waals surface area contributed by atoms with Crippen molar-refractivity contribution in [3.8, 4) is 5.75 Å². The van der Waals surface area contributed by atoms with Crippen molar-refractivity contribution < 1.29 is 14.3 Å². The van der Waals surface area contributed by atoms with Gasteiger partial charge in [0, 0.05) is 11.0 Å². The Bertz CT molecular complexity index is 501. The summed E-state index contributed by atoms with van der Waals surface area (Å²) in [7, 11) is 0. The number of carbonyl (C=O) groups is 2. The van der Waals surface area contributed by atoms with Crippen LogP contribution >= 0.6 is 0 Å². The molecule has 0 radical (unpaired) electrons. The van der Waals surface area contributed by atoms with Gasteiger partial charge in [-0.3, -0.25) is 9.59 Å². The van der Waals surface area contributed by atoms with Crippen molar-refractivity contribution >= 4 is 17.4 Å². The summed E-state index contributed by atoms with van der Waals surface area (Å²) in [6.07, 6.45) is 0.876. The summed E-state index contributed by atoms with van der Waals surface area (Å²) in [5, 5.41) is 2.84. The second-order valence-electron chi connectivity index (χ2n) is 5.82. The maximum Gasteiger partial charge on any atom is 0.229 e. The van der Waals surface area contributed by atoms with Crippen molar-refractivity contribution in [2.24, 2.45) is 5.41 Å². The van der Waals surface area contributed by atoms with Crippen molar-refractivity contribution in [2.45, 2.75) is 41.0 Å². The normalized spacial score (nSPS) is 11.1. The fourth-order valence-electron chi connectivity index (χ4n) is 1.49. The maximum atomic E-state index is 12.1.